The highest BCUT2D eigenvalue weighted by Gasteiger charge is 2.38. The number of rotatable bonds is 4. The van der Waals surface area contributed by atoms with Gasteiger partial charge in [0.15, 0.2) is 0 Å². The Morgan fingerprint density at radius 3 is 2.56 bits per heavy atom. The molecular formula is C14H20N2OS. The summed E-state index contributed by atoms with van der Waals surface area (Å²) in [7, 11) is 0. The highest BCUT2D eigenvalue weighted by molar-refractivity contribution is 7.07. The molecule has 1 rings (SSSR count). The number of carbonyl (C=O) groups excluding carboxylic acids is 1. The molecule has 0 aromatic carbocycles. The predicted molar refractivity (Wildman–Crippen MR) is 74.3 cm³/mol. The molecular weight excluding hydrogens is 244 g/mol. The number of aryl methyl sites for hydroxylation is 1. The van der Waals surface area contributed by atoms with Gasteiger partial charge in [-0.3, -0.25) is 4.79 Å². The SMILES string of the molecule is CC(C)(C)C(C)(C#N)NC(=O)CCc1ccsc1. The molecule has 0 spiro atoms. The minimum atomic E-state index is -0.835. The molecule has 0 aliphatic rings. The van der Waals surface area contributed by atoms with E-state index in [2.05, 4.69) is 11.4 Å². The topological polar surface area (TPSA) is 52.9 Å². The molecule has 4 heteroatoms. The molecule has 0 radical (unpaired) electrons. The van der Waals surface area contributed by atoms with E-state index in [-0.39, 0.29) is 11.3 Å². The lowest BCUT2D eigenvalue weighted by Gasteiger charge is -2.36. The molecule has 1 aromatic rings. The molecule has 1 heterocycles. The summed E-state index contributed by atoms with van der Waals surface area (Å²) in [6, 6.07) is 4.23. The maximum Gasteiger partial charge on any atom is 0.221 e. The van der Waals surface area contributed by atoms with Crippen LogP contribution in [0.15, 0.2) is 16.8 Å². The second-order valence-electron chi connectivity index (χ2n) is 5.67. The smallest absolute Gasteiger partial charge is 0.221 e. The van der Waals surface area contributed by atoms with Crippen LogP contribution in [0.3, 0.4) is 0 Å². The van der Waals surface area contributed by atoms with Gasteiger partial charge in [0.25, 0.3) is 0 Å². The summed E-state index contributed by atoms with van der Waals surface area (Å²) in [6.07, 6.45) is 1.14. The van der Waals surface area contributed by atoms with Crippen LogP contribution >= 0.6 is 11.3 Å². The van der Waals surface area contributed by atoms with Crippen LogP contribution in [0.1, 0.15) is 39.7 Å². The van der Waals surface area contributed by atoms with Gasteiger partial charge in [0.1, 0.15) is 5.54 Å². The van der Waals surface area contributed by atoms with E-state index < -0.39 is 5.54 Å². The molecule has 1 atom stereocenters. The first-order valence-electron chi connectivity index (χ1n) is 6.02. The number of carbonyl (C=O) groups is 1. The normalized spacial score (nSPS) is 14.6. The van der Waals surface area contributed by atoms with Crippen LogP contribution in [0, 0.1) is 16.7 Å². The average molecular weight is 264 g/mol. The number of hydrogen-bond donors (Lipinski definition) is 1. The van der Waals surface area contributed by atoms with Gasteiger partial charge >= 0.3 is 0 Å². The third-order valence-corrected chi connectivity index (χ3v) is 4.07. The molecule has 18 heavy (non-hydrogen) atoms. The number of nitrogens with zero attached hydrogens (tertiary/aromatic N) is 1. The van der Waals surface area contributed by atoms with Crippen molar-refractivity contribution in [2.24, 2.45) is 5.41 Å². The first-order chi connectivity index (χ1) is 8.28. The van der Waals surface area contributed by atoms with Crippen molar-refractivity contribution in [3.05, 3.63) is 22.4 Å². The summed E-state index contributed by atoms with van der Waals surface area (Å²) in [4.78, 5) is 11.9. The summed E-state index contributed by atoms with van der Waals surface area (Å²) in [5.41, 5.74) is 0.0444. The lowest BCUT2D eigenvalue weighted by atomic mass is 9.76. The van der Waals surface area contributed by atoms with Crippen molar-refractivity contribution in [3.63, 3.8) is 0 Å². The van der Waals surface area contributed by atoms with Crippen molar-refractivity contribution < 1.29 is 4.79 Å². The Kier molecular flexibility index (Phi) is 4.53. The fraction of sp³-hybridized carbons (Fsp3) is 0.571. The molecule has 1 unspecified atom stereocenters. The van der Waals surface area contributed by atoms with Crippen LogP contribution in [-0.2, 0) is 11.2 Å². The number of nitrogens with one attached hydrogen (secondary N) is 1. The average Bonchev–Trinajstić information content (AvgIpc) is 2.77. The van der Waals surface area contributed by atoms with Crippen LogP contribution < -0.4 is 5.32 Å². The maximum atomic E-state index is 11.9. The Hall–Kier alpha value is -1.34. The van der Waals surface area contributed by atoms with Crippen molar-refractivity contribution in [2.45, 2.75) is 46.1 Å². The molecule has 0 aliphatic heterocycles. The lowest BCUT2D eigenvalue weighted by Crippen LogP contribution is -2.53. The largest absolute Gasteiger partial charge is 0.338 e. The molecule has 1 amide bonds. The van der Waals surface area contributed by atoms with Gasteiger partial charge < -0.3 is 5.32 Å². The predicted octanol–water partition coefficient (Wildman–Crippen LogP) is 3.13. The van der Waals surface area contributed by atoms with E-state index in [1.54, 1.807) is 18.3 Å². The summed E-state index contributed by atoms with van der Waals surface area (Å²) >= 11 is 1.63. The summed E-state index contributed by atoms with van der Waals surface area (Å²) < 4.78 is 0. The Morgan fingerprint density at radius 1 is 1.44 bits per heavy atom. The molecule has 0 saturated heterocycles. The number of nitriles is 1. The number of amides is 1. The summed E-state index contributed by atoms with van der Waals surface area (Å²) in [5, 5.41) is 16.2. The van der Waals surface area contributed by atoms with Gasteiger partial charge in [-0.15, -0.1) is 0 Å². The van der Waals surface area contributed by atoms with Crippen molar-refractivity contribution in [1.29, 1.82) is 5.26 Å². The monoisotopic (exact) mass is 264 g/mol. The minimum Gasteiger partial charge on any atom is -0.338 e. The Bertz CT molecular complexity index is 439. The first-order valence-corrected chi connectivity index (χ1v) is 6.96. The molecule has 3 nitrogen and oxygen atoms in total. The standard InChI is InChI=1S/C14H20N2OS/c1-13(2,3)14(4,10-15)16-12(17)6-5-11-7-8-18-9-11/h7-9H,5-6H2,1-4H3,(H,16,17). The summed E-state index contributed by atoms with van der Waals surface area (Å²) in [5.74, 6) is -0.0693. The quantitative estimate of drug-likeness (QED) is 0.908. The third-order valence-electron chi connectivity index (χ3n) is 3.33. The zero-order chi connectivity index (χ0) is 13.8. The molecule has 0 aliphatic carbocycles. The van der Waals surface area contributed by atoms with Gasteiger partial charge in [-0.1, -0.05) is 20.8 Å². The van der Waals surface area contributed by atoms with Gasteiger partial charge in [-0.2, -0.15) is 16.6 Å². The van der Waals surface area contributed by atoms with Gasteiger partial charge in [-0.05, 0) is 41.1 Å². The molecule has 1 N–H and O–H groups in total. The van der Waals surface area contributed by atoms with Crippen LogP contribution in [-0.4, -0.2) is 11.4 Å². The van der Waals surface area contributed by atoms with Gasteiger partial charge in [0, 0.05) is 6.42 Å². The van der Waals surface area contributed by atoms with E-state index in [1.807, 2.05) is 37.6 Å². The van der Waals surface area contributed by atoms with Crippen molar-refractivity contribution in [2.75, 3.05) is 0 Å². The van der Waals surface area contributed by atoms with Crippen LogP contribution in [0.5, 0.6) is 0 Å². The number of hydrogen-bond acceptors (Lipinski definition) is 3. The van der Waals surface area contributed by atoms with Gasteiger partial charge in [0.2, 0.25) is 5.91 Å². The van der Waals surface area contributed by atoms with Crippen LogP contribution in [0.2, 0.25) is 0 Å². The highest BCUT2D eigenvalue weighted by atomic mass is 32.1. The first kappa shape index (κ1) is 14.7. The Balaban J connectivity index is 2.56. The summed E-state index contributed by atoms with van der Waals surface area (Å²) in [6.45, 7) is 7.63. The van der Waals surface area contributed by atoms with Crippen LogP contribution in [0.4, 0.5) is 0 Å². The van der Waals surface area contributed by atoms with E-state index in [9.17, 15) is 10.1 Å². The van der Waals surface area contributed by atoms with Crippen molar-refractivity contribution in [1.82, 2.24) is 5.32 Å². The maximum absolute atomic E-state index is 11.9. The van der Waals surface area contributed by atoms with Crippen molar-refractivity contribution >= 4 is 17.2 Å². The molecule has 1 aromatic heterocycles. The number of thiophene rings is 1. The highest BCUT2D eigenvalue weighted by Crippen LogP contribution is 2.29. The van der Waals surface area contributed by atoms with Gasteiger partial charge in [0.05, 0.1) is 6.07 Å². The molecule has 0 saturated carbocycles. The molecule has 0 fully saturated rings. The second kappa shape index (κ2) is 5.53. The zero-order valence-electron chi connectivity index (χ0n) is 11.4. The fourth-order valence-electron chi connectivity index (χ4n) is 1.42. The minimum absolute atomic E-state index is 0.0693. The van der Waals surface area contributed by atoms with E-state index >= 15 is 0 Å². The molecule has 0 bridgehead atoms. The third kappa shape index (κ3) is 3.58. The van der Waals surface area contributed by atoms with E-state index in [1.165, 1.54) is 5.56 Å². The lowest BCUT2D eigenvalue weighted by molar-refractivity contribution is -0.123. The van der Waals surface area contributed by atoms with Gasteiger partial charge in [-0.25, -0.2) is 0 Å². The Morgan fingerprint density at radius 2 is 2.11 bits per heavy atom. The van der Waals surface area contributed by atoms with Crippen LogP contribution in [0.25, 0.3) is 0 Å². The molecule has 98 valence electrons. The van der Waals surface area contributed by atoms with E-state index in [4.69, 9.17) is 0 Å². The fourth-order valence-corrected chi connectivity index (χ4v) is 2.12. The second-order valence-corrected chi connectivity index (χ2v) is 6.45. The van der Waals surface area contributed by atoms with Crippen molar-refractivity contribution in [3.8, 4) is 6.07 Å². The Labute approximate surface area is 113 Å². The van der Waals surface area contributed by atoms with E-state index in [0.717, 1.165) is 6.42 Å². The zero-order valence-corrected chi connectivity index (χ0v) is 12.2. The van der Waals surface area contributed by atoms with E-state index in [0.29, 0.717) is 6.42 Å².